The summed E-state index contributed by atoms with van der Waals surface area (Å²) in [5.74, 6) is -0.0250. The fourth-order valence-electron chi connectivity index (χ4n) is 3.86. The molecule has 2 aliphatic rings. The lowest BCUT2D eigenvalue weighted by molar-refractivity contribution is 0.0136. The summed E-state index contributed by atoms with van der Waals surface area (Å²) in [4.78, 5) is 29.1. The summed E-state index contributed by atoms with van der Waals surface area (Å²) < 4.78 is 7.40. The second-order valence-corrected chi connectivity index (χ2v) is 9.42. The molecule has 26 heavy (non-hydrogen) atoms. The third kappa shape index (κ3) is 3.44. The molecule has 3 heterocycles. The Morgan fingerprint density at radius 1 is 1.27 bits per heavy atom. The Bertz CT molecular complexity index is 745. The van der Waals surface area contributed by atoms with Gasteiger partial charge in [0.1, 0.15) is 11.3 Å². The van der Waals surface area contributed by atoms with E-state index < -0.39 is 5.60 Å². The van der Waals surface area contributed by atoms with Gasteiger partial charge in [0.05, 0.1) is 12.2 Å². The predicted octanol–water partition coefficient (Wildman–Crippen LogP) is 2.68. The van der Waals surface area contributed by atoms with E-state index in [1.54, 1.807) is 9.80 Å². The van der Waals surface area contributed by atoms with Crippen LogP contribution in [0.5, 0.6) is 0 Å². The fourth-order valence-corrected chi connectivity index (χ4v) is 3.86. The number of nitrogens with zero attached hydrogens (tertiary/aromatic N) is 4. The van der Waals surface area contributed by atoms with Gasteiger partial charge in [-0.3, -0.25) is 9.48 Å². The molecule has 7 heteroatoms. The number of aromatic nitrogens is 2. The quantitative estimate of drug-likeness (QED) is 0.712. The molecule has 144 valence electrons. The molecule has 1 aromatic rings. The van der Waals surface area contributed by atoms with Crippen molar-refractivity contribution in [1.29, 1.82) is 0 Å². The highest BCUT2D eigenvalue weighted by atomic mass is 16.6. The van der Waals surface area contributed by atoms with Gasteiger partial charge < -0.3 is 14.5 Å². The van der Waals surface area contributed by atoms with Crippen molar-refractivity contribution in [3.8, 4) is 0 Å². The standard InChI is InChI=1S/C19H30N4O3/c1-12-8-14-13(9-22(12)17(25)26-18(2,3)4)15-16(24)21(7)10-19(5,6)11-23(15)20-14/h12H,8-11H2,1-7H3/t12-/m1/s1. The Morgan fingerprint density at radius 3 is 2.54 bits per heavy atom. The van der Waals surface area contributed by atoms with Crippen LogP contribution in [-0.2, 0) is 24.2 Å². The molecule has 0 saturated carbocycles. The van der Waals surface area contributed by atoms with Gasteiger partial charge in [0, 0.05) is 43.6 Å². The van der Waals surface area contributed by atoms with Crippen LogP contribution in [0, 0.1) is 5.41 Å². The molecule has 0 unspecified atom stereocenters. The maximum atomic E-state index is 13.0. The van der Waals surface area contributed by atoms with Gasteiger partial charge in [-0.25, -0.2) is 4.79 Å². The Balaban J connectivity index is 1.97. The minimum Gasteiger partial charge on any atom is -0.444 e. The molecule has 7 nitrogen and oxygen atoms in total. The molecule has 0 bridgehead atoms. The fraction of sp³-hybridized carbons (Fsp3) is 0.737. The zero-order valence-electron chi connectivity index (χ0n) is 16.9. The van der Waals surface area contributed by atoms with Crippen LogP contribution in [-0.4, -0.2) is 56.8 Å². The van der Waals surface area contributed by atoms with Crippen LogP contribution in [0.3, 0.4) is 0 Å². The molecule has 1 aromatic heterocycles. The topological polar surface area (TPSA) is 67.7 Å². The first-order valence-corrected chi connectivity index (χ1v) is 9.21. The highest BCUT2D eigenvalue weighted by Crippen LogP contribution is 2.32. The first-order chi connectivity index (χ1) is 11.9. The van der Waals surface area contributed by atoms with Crippen LogP contribution in [0.2, 0.25) is 0 Å². The van der Waals surface area contributed by atoms with E-state index in [-0.39, 0.29) is 23.5 Å². The molecule has 0 fully saturated rings. The third-order valence-corrected chi connectivity index (χ3v) is 4.90. The van der Waals surface area contributed by atoms with Gasteiger partial charge in [-0.15, -0.1) is 0 Å². The maximum absolute atomic E-state index is 13.0. The van der Waals surface area contributed by atoms with Crippen molar-refractivity contribution in [2.24, 2.45) is 5.41 Å². The van der Waals surface area contributed by atoms with E-state index in [0.29, 0.717) is 31.7 Å². The van der Waals surface area contributed by atoms with Crippen LogP contribution in [0.1, 0.15) is 63.3 Å². The number of carbonyl (C=O) groups is 2. The van der Waals surface area contributed by atoms with E-state index >= 15 is 0 Å². The number of amides is 2. The minimum atomic E-state index is -0.549. The van der Waals surface area contributed by atoms with E-state index in [0.717, 1.165) is 11.3 Å². The number of hydrogen-bond donors (Lipinski definition) is 0. The molecule has 0 radical (unpaired) electrons. The predicted molar refractivity (Wildman–Crippen MR) is 97.9 cm³/mol. The van der Waals surface area contributed by atoms with Crippen molar-refractivity contribution in [2.45, 2.75) is 72.7 Å². The number of fused-ring (bicyclic) bond motifs is 3. The normalized spacial score (nSPS) is 22.6. The molecular formula is C19H30N4O3. The zero-order chi connectivity index (χ0) is 19.4. The lowest BCUT2D eigenvalue weighted by atomic mass is 9.93. The Kier molecular flexibility index (Phi) is 4.32. The van der Waals surface area contributed by atoms with Crippen LogP contribution in [0.25, 0.3) is 0 Å². The maximum Gasteiger partial charge on any atom is 0.410 e. The molecule has 2 amide bonds. The average Bonchev–Trinajstić information content (AvgIpc) is 2.74. The summed E-state index contributed by atoms with van der Waals surface area (Å²) in [7, 11) is 1.83. The largest absolute Gasteiger partial charge is 0.444 e. The summed E-state index contributed by atoms with van der Waals surface area (Å²) in [6.45, 7) is 13.6. The molecule has 0 spiro atoms. The number of ether oxygens (including phenoxy) is 1. The molecular weight excluding hydrogens is 332 g/mol. The van der Waals surface area contributed by atoms with Gasteiger partial charge in [0.2, 0.25) is 0 Å². The first kappa shape index (κ1) is 18.7. The van der Waals surface area contributed by atoms with E-state index in [1.165, 1.54) is 0 Å². The van der Waals surface area contributed by atoms with Crippen LogP contribution >= 0.6 is 0 Å². The van der Waals surface area contributed by atoms with Crippen molar-refractivity contribution in [1.82, 2.24) is 19.6 Å². The van der Waals surface area contributed by atoms with Gasteiger partial charge in [0.15, 0.2) is 0 Å². The Hall–Kier alpha value is -2.05. The van der Waals surface area contributed by atoms with Crippen LogP contribution < -0.4 is 0 Å². The Morgan fingerprint density at radius 2 is 1.92 bits per heavy atom. The van der Waals surface area contributed by atoms with Gasteiger partial charge >= 0.3 is 6.09 Å². The summed E-state index contributed by atoms with van der Waals surface area (Å²) in [5.41, 5.74) is 1.80. The summed E-state index contributed by atoms with van der Waals surface area (Å²) in [5, 5.41) is 4.74. The molecule has 1 atom stereocenters. The van der Waals surface area contributed by atoms with E-state index in [2.05, 4.69) is 13.8 Å². The highest BCUT2D eigenvalue weighted by molar-refractivity contribution is 5.94. The molecule has 3 rings (SSSR count). The molecule has 2 aliphatic heterocycles. The summed E-state index contributed by atoms with van der Waals surface area (Å²) >= 11 is 0. The van der Waals surface area contributed by atoms with Gasteiger partial charge in [-0.1, -0.05) is 13.8 Å². The van der Waals surface area contributed by atoms with Crippen LogP contribution in [0.15, 0.2) is 0 Å². The van der Waals surface area contributed by atoms with E-state index in [9.17, 15) is 9.59 Å². The third-order valence-electron chi connectivity index (χ3n) is 4.90. The SMILES string of the molecule is C[C@@H]1Cc2nn3c(c2CN1C(=O)OC(C)(C)C)C(=O)N(C)CC(C)(C)C3. The van der Waals surface area contributed by atoms with Crippen molar-refractivity contribution in [3.63, 3.8) is 0 Å². The lowest BCUT2D eigenvalue weighted by Crippen LogP contribution is -2.45. The second-order valence-electron chi connectivity index (χ2n) is 9.42. The lowest BCUT2D eigenvalue weighted by Gasteiger charge is -2.34. The van der Waals surface area contributed by atoms with Gasteiger partial charge in [0.25, 0.3) is 5.91 Å². The highest BCUT2D eigenvalue weighted by Gasteiger charge is 2.39. The molecule has 0 N–H and O–H groups in total. The summed E-state index contributed by atoms with van der Waals surface area (Å²) in [6, 6.07) is -0.0164. The van der Waals surface area contributed by atoms with Gasteiger partial charge in [-0.2, -0.15) is 5.10 Å². The van der Waals surface area contributed by atoms with Crippen molar-refractivity contribution in [3.05, 3.63) is 17.0 Å². The zero-order valence-corrected chi connectivity index (χ0v) is 16.9. The monoisotopic (exact) mass is 362 g/mol. The average molecular weight is 362 g/mol. The second kappa shape index (κ2) is 5.99. The van der Waals surface area contributed by atoms with E-state index in [1.807, 2.05) is 39.4 Å². The molecule has 0 saturated heterocycles. The first-order valence-electron chi connectivity index (χ1n) is 9.21. The molecule has 0 aromatic carbocycles. The number of rotatable bonds is 0. The Labute approximate surface area is 155 Å². The summed E-state index contributed by atoms with van der Waals surface area (Å²) in [6.07, 6.45) is 0.289. The van der Waals surface area contributed by atoms with Crippen LogP contribution in [0.4, 0.5) is 4.79 Å². The minimum absolute atomic E-state index is 0.0164. The number of carbonyl (C=O) groups excluding carboxylic acids is 2. The van der Waals surface area contributed by atoms with Crippen molar-refractivity contribution >= 4 is 12.0 Å². The van der Waals surface area contributed by atoms with Gasteiger partial charge in [-0.05, 0) is 27.7 Å². The van der Waals surface area contributed by atoms with E-state index in [4.69, 9.17) is 9.84 Å². The van der Waals surface area contributed by atoms with Crippen molar-refractivity contribution in [2.75, 3.05) is 13.6 Å². The number of hydrogen-bond acceptors (Lipinski definition) is 4. The smallest absolute Gasteiger partial charge is 0.410 e. The molecule has 0 aliphatic carbocycles. The van der Waals surface area contributed by atoms with Crippen molar-refractivity contribution < 1.29 is 14.3 Å².